The first kappa shape index (κ1) is 22.8. The molecule has 1 aliphatic rings. The van der Waals surface area contributed by atoms with Crippen LogP contribution in [0.25, 0.3) is 10.6 Å². The lowest BCUT2D eigenvalue weighted by Crippen LogP contribution is -2.37. The van der Waals surface area contributed by atoms with Crippen LogP contribution < -0.4 is 11.1 Å². The largest absolute Gasteiger partial charge is 0.443 e. The second-order valence-electron chi connectivity index (χ2n) is 6.58. The summed E-state index contributed by atoms with van der Waals surface area (Å²) >= 11 is 0.442. The van der Waals surface area contributed by atoms with Gasteiger partial charge < -0.3 is 11.1 Å². The lowest BCUT2D eigenvalue weighted by molar-refractivity contribution is -0.137. The van der Waals surface area contributed by atoms with Gasteiger partial charge in [-0.1, -0.05) is 0 Å². The summed E-state index contributed by atoms with van der Waals surface area (Å²) in [7, 11) is 1.15. The Morgan fingerprint density at radius 3 is 2.65 bits per heavy atom. The molecule has 1 amide bonds. The Bertz CT molecular complexity index is 1030. The summed E-state index contributed by atoms with van der Waals surface area (Å²) in [5, 5.41) is 5.86. The van der Waals surface area contributed by atoms with Crippen LogP contribution in [0, 0.1) is 0 Å². The predicted octanol–water partition coefficient (Wildman–Crippen LogP) is 3.45. The number of carbonyl (C=O) groups is 1. The third-order valence-corrected chi connectivity index (χ3v) is 5.49. The molecule has 3 rings (SSSR count). The van der Waals surface area contributed by atoms with Gasteiger partial charge in [-0.25, -0.2) is 4.98 Å². The summed E-state index contributed by atoms with van der Waals surface area (Å²) in [5.41, 5.74) is 3.75. The number of allylic oxidation sites excluding steroid dienone is 1. The van der Waals surface area contributed by atoms with E-state index >= 15 is 0 Å². The molecule has 31 heavy (non-hydrogen) atoms. The minimum Gasteiger partial charge on any atom is -0.395 e. The molecule has 2 aromatic rings. The minimum atomic E-state index is -4.81. The number of carbonyl (C=O) groups excluding carboxylic acids is 1. The van der Waals surface area contributed by atoms with E-state index in [0.29, 0.717) is 42.5 Å². The van der Waals surface area contributed by atoms with Crippen molar-refractivity contribution in [2.75, 3.05) is 7.05 Å². The highest BCUT2D eigenvalue weighted by molar-refractivity contribution is 7.15. The number of aryl methyl sites for hydroxylation is 1. The molecule has 0 saturated carbocycles. The van der Waals surface area contributed by atoms with Crippen molar-refractivity contribution in [3.05, 3.63) is 34.7 Å². The van der Waals surface area contributed by atoms with Crippen molar-refractivity contribution in [1.29, 1.82) is 0 Å². The molecule has 0 fully saturated rings. The number of alkyl halides is 6. The summed E-state index contributed by atoms with van der Waals surface area (Å²) in [5.74, 6) is -0.868. The van der Waals surface area contributed by atoms with Gasteiger partial charge in [-0.2, -0.15) is 31.4 Å². The van der Waals surface area contributed by atoms with E-state index in [2.05, 4.69) is 20.4 Å². The summed E-state index contributed by atoms with van der Waals surface area (Å²) in [4.78, 5) is 19.6. The van der Waals surface area contributed by atoms with Crippen LogP contribution in [0.15, 0.2) is 29.0 Å². The van der Waals surface area contributed by atoms with Crippen LogP contribution in [-0.4, -0.2) is 39.6 Å². The molecule has 168 valence electrons. The Morgan fingerprint density at radius 1 is 1.35 bits per heavy atom. The van der Waals surface area contributed by atoms with Gasteiger partial charge >= 0.3 is 12.4 Å². The number of nitrogens with zero attached hydrogens (tertiary/aromatic N) is 4. The Hall–Kier alpha value is -2.90. The van der Waals surface area contributed by atoms with Crippen molar-refractivity contribution >= 4 is 23.0 Å². The first-order chi connectivity index (χ1) is 14.4. The lowest BCUT2D eigenvalue weighted by Gasteiger charge is -2.24. The van der Waals surface area contributed by atoms with E-state index in [-0.39, 0.29) is 10.6 Å². The molecule has 0 saturated heterocycles. The topological polar surface area (TPSA) is 98.2 Å². The van der Waals surface area contributed by atoms with Gasteiger partial charge in [0.05, 0.1) is 16.6 Å². The maximum absolute atomic E-state index is 12.8. The van der Waals surface area contributed by atoms with Crippen molar-refractivity contribution in [1.82, 2.24) is 20.1 Å². The second-order valence-corrected chi connectivity index (χ2v) is 7.61. The van der Waals surface area contributed by atoms with Crippen LogP contribution in [0.2, 0.25) is 0 Å². The van der Waals surface area contributed by atoms with Gasteiger partial charge in [0.2, 0.25) is 0 Å². The third-order valence-electron chi connectivity index (χ3n) is 4.43. The zero-order valence-electron chi connectivity index (χ0n) is 15.9. The SMILES string of the molecule is CN=C(/C=C(\N)C(F)(F)F)C(=O)NC1CCCn2nc(-c3cnc(C(F)(F)F)s3)cc21. The molecule has 3 heterocycles. The highest BCUT2D eigenvalue weighted by atomic mass is 32.1. The highest BCUT2D eigenvalue weighted by Gasteiger charge is 2.35. The van der Waals surface area contributed by atoms with E-state index in [1.165, 1.54) is 6.07 Å². The van der Waals surface area contributed by atoms with Crippen molar-refractivity contribution < 1.29 is 31.1 Å². The lowest BCUT2D eigenvalue weighted by atomic mass is 10.0. The first-order valence-electron chi connectivity index (χ1n) is 8.83. The number of halogens is 6. The molecular formula is C17H16F6N6OS. The smallest absolute Gasteiger partial charge is 0.395 e. The van der Waals surface area contributed by atoms with Crippen molar-refractivity contribution in [3.8, 4) is 10.6 Å². The number of fused-ring (bicyclic) bond motifs is 1. The van der Waals surface area contributed by atoms with Crippen molar-refractivity contribution in [3.63, 3.8) is 0 Å². The number of nitrogens with one attached hydrogen (secondary N) is 1. The number of aromatic nitrogens is 3. The fourth-order valence-electron chi connectivity index (χ4n) is 2.97. The maximum Gasteiger partial charge on any atom is 0.443 e. The van der Waals surface area contributed by atoms with E-state index in [0.717, 1.165) is 13.2 Å². The van der Waals surface area contributed by atoms with Crippen LogP contribution in [0.1, 0.15) is 29.6 Å². The van der Waals surface area contributed by atoms with E-state index in [9.17, 15) is 31.1 Å². The van der Waals surface area contributed by atoms with Crippen LogP contribution in [-0.2, 0) is 17.5 Å². The Balaban J connectivity index is 1.82. The number of aliphatic imine (C=N–C) groups is 1. The quantitative estimate of drug-likeness (QED) is 0.533. The summed E-state index contributed by atoms with van der Waals surface area (Å²) in [6.45, 7) is 0.474. The predicted molar refractivity (Wildman–Crippen MR) is 100 cm³/mol. The maximum atomic E-state index is 12.8. The van der Waals surface area contributed by atoms with Gasteiger partial charge in [0, 0.05) is 19.8 Å². The van der Waals surface area contributed by atoms with Crippen LogP contribution in [0.3, 0.4) is 0 Å². The van der Waals surface area contributed by atoms with Crippen LogP contribution >= 0.6 is 11.3 Å². The summed E-state index contributed by atoms with van der Waals surface area (Å²) in [6.07, 6.45) is -6.81. The standard InChI is InChI=1S/C17H16F6N6OS/c1-25-10(6-13(24)16(18,19)20)14(30)27-8-3-2-4-29-11(8)5-9(28-29)12-7-26-15(31-12)17(21,22)23/h5-8H,2-4,24H2,1H3,(H,27,30)/b13-6-,25-10?. The van der Waals surface area contributed by atoms with Gasteiger partial charge in [-0.15, -0.1) is 11.3 Å². The molecule has 1 unspecified atom stereocenters. The van der Waals surface area contributed by atoms with Gasteiger partial charge in [0.1, 0.15) is 17.1 Å². The number of nitrogens with two attached hydrogens (primary N) is 1. The molecule has 1 aliphatic heterocycles. The summed E-state index contributed by atoms with van der Waals surface area (Å²) < 4.78 is 77.9. The normalized spacial score (nSPS) is 18.1. The highest BCUT2D eigenvalue weighted by Crippen LogP contribution is 2.37. The van der Waals surface area contributed by atoms with Gasteiger partial charge in [0.15, 0.2) is 5.01 Å². The van der Waals surface area contributed by atoms with Crippen molar-refractivity contribution in [2.45, 2.75) is 37.8 Å². The number of thiazole rings is 1. The fraction of sp³-hybridized carbons (Fsp3) is 0.412. The Morgan fingerprint density at radius 2 is 2.06 bits per heavy atom. The fourth-order valence-corrected chi connectivity index (χ4v) is 3.71. The molecule has 0 aromatic carbocycles. The van der Waals surface area contributed by atoms with E-state index in [1.807, 2.05) is 0 Å². The molecule has 0 spiro atoms. The van der Waals surface area contributed by atoms with E-state index in [1.54, 1.807) is 4.68 Å². The average Bonchev–Trinajstić information content (AvgIpc) is 3.31. The van der Waals surface area contributed by atoms with Gasteiger partial charge in [0.25, 0.3) is 5.91 Å². The zero-order valence-corrected chi connectivity index (χ0v) is 16.7. The van der Waals surface area contributed by atoms with Crippen LogP contribution in [0.5, 0.6) is 0 Å². The molecule has 14 heteroatoms. The molecule has 0 bridgehead atoms. The average molecular weight is 466 g/mol. The molecule has 0 radical (unpaired) electrons. The molecule has 3 N–H and O–H groups in total. The van der Waals surface area contributed by atoms with E-state index < -0.39 is 40.7 Å². The zero-order chi connectivity index (χ0) is 23.0. The minimum absolute atomic E-state index is 0.205. The monoisotopic (exact) mass is 466 g/mol. The molecular weight excluding hydrogens is 450 g/mol. The molecule has 7 nitrogen and oxygen atoms in total. The van der Waals surface area contributed by atoms with Gasteiger partial charge in [-0.3, -0.25) is 14.5 Å². The van der Waals surface area contributed by atoms with Crippen LogP contribution in [0.4, 0.5) is 26.3 Å². The number of hydrogen-bond donors (Lipinski definition) is 2. The number of hydrogen-bond acceptors (Lipinski definition) is 6. The molecule has 2 aromatic heterocycles. The Labute approximate surface area is 175 Å². The van der Waals surface area contributed by atoms with E-state index in [4.69, 9.17) is 5.73 Å². The van der Waals surface area contributed by atoms with Crippen molar-refractivity contribution in [2.24, 2.45) is 10.7 Å². The summed E-state index contributed by atoms with van der Waals surface area (Å²) in [6, 6.07) is 0.912. The second kappa shape index (κ2) is 8.32. The Kier molecular flexibility index (Phi) is 6.11. The number of amides is 1. The third kappa shape index (κ3) is 5.06. The number of rotatable bonds is 4. The first-order valence-corrected chi connectivity index (χ1v) is 9.65. The van der Waals surface area contributed by atoms with Gasteiger partial charge in [-0.05, 0) is 25.0 Å². The molecule has 1 atom stereocenters. The molecule has 0 aliphatic carbocycles.